The largest absolute Gasteiger partial charge is 0.364 e. The lowest BCUT2D eigenvalue weighted by molar-refractivity contribution is -0.113. The number of carbonyl (C=O) groups is 1. The summed E-state index contributed by atoms with van der Waals surface area (Å²) < 4.78 is 5.26. The molecule has 3 rings (SSSR count). The van der Waals surface area contributed by atoms with Crippen molar-refractivity contribution in [3.8, 4) is 0 Å². The molecule has 0 aliphatic carbocycles. The zero-order chi connectivity index (χ0) is 13.2. The fourth-order valence-corrected chi connectivity index (χ4v) is 2.98. The van der Waals surface area contributed by atoms with E-state index >= 15 is 0 Å². The maximum Gasteiger partial charge on any atom is 0.270 e. The second kappa shape index (κ2) is 4.99. The lowest BCUT2D eigenvalue weighted by Gasteiger charge is -2.13. The molecule has 0 atom stereocenters. The van der Waals surface area contributed by atoms with E-state index in [9.17, 15) is 4.79 Å². The van der Waals surface area contributed by atoms with E-state index in [2.05, 4.69) is 5.16 Å². The van der Waals surface area contributed by atoms with Crippen LogP contribution < -0.4 is 4.90 Å². The van der Waals surface area contributed by atoms with Crippen molar-refractivity contribution in [3.63, 3.8) is 0 Å². The number of para-hydroxylation sites is 1. The molecule has 0 N–H and O–H groups in total. The van der Waals surface area contributed by atoms with Crippen LogP contribution in [0.5, 0.6) is 0 Å². The molecule has 1 aromatic carbocycles. The van der Waals surface area contributed by atoms with E-state index in [1.807, 2.05) is 30.3 Å². The monoisotopic (exact) mass is 288 g/mol. The number of nitrogens with zero attached hydrogens (tertiary/aromatic N) is 2. The Morgan fingerprint density at radius 1 is 1.26 bits per heavy atom. The second-order valence-electron chi connectivity index (χ2n) is 3.78. The van der Waals surface area contributed by atoms with Crippen molar-refractivity contribution in [1.29, 1.82) is 0 Å². The summed E-state index contributed by atoms with van der Waals surface area (Å²) in [5.41, 5.74) is 1.38. The Kier molecular flexibility index (Phi) is 3.18. The van der Waals surface area contributed by atoms with Crippen LogP contribution in [-0.4, -0.2) is 15.4 Å². The number of thiocarbonyl (C=S) groups is 1. The number of aromatic nitrogens is 1. The number of thioether (sulfide) groups is 1. The van der Waals surface area contributed by atoms with E-state index in [1.165, 1.54) is 22.9 Å². The zero-order valence-electron chi connectivity index (χ0n) is 9.65. The van der Waals surface area contributed by atoms with Crippen LogP contribution in [-0.2, 0) is 4.79 Å². The molecule has 1 fully saturated rings. The van der Waals surface area contributed by atoms with E-state index in [4.69, 9.17) is 16.7 Å². The first-order valence-electron chi connectivity index (χ1n) is 5.49. The van der Waals surface area contributed by atoms with Gasteiger partial charge in [0.15, 0.2) is 4.32 Å². The van der Waals surface area contributed by atoms with Gasteiger partial charge in [-0.1, -0.05) is 47.3 Å². The predicted molar refractivity (Wildman–Crippen MR) is 78.6 cm³/mol. The summed E-state index contributed by atoms with van der Waals surface area (Å²) in [6.07, 6.45) is 3.13. The molecular formula is C13H8N2O2S2. The number of anilines is 1. The molecule has 1 amide bonds. The molecule has 0 bridgehead atoms. The normalized spacial score (nSPS) is 17.5. The smallest absolute Gasteiger partial charge is 0.270 e. The predicted octanol–water partition coefficient (Wildman–Crippen LogP) is 3.08. The molecule has 19 heavy (non-hydrogen) atoms. The van der Waals surface area contributed by atoms with Crippen LogP contribution in [0, 0.1) is 0 Å². The number of rotatable bonds is 2. The first kappa shape index (κ1) is 12.1. The highest BCUT2D eigenvalue weighted by Gasteiger charge is 2.33. The Morgan fingerprint density at radius 3 is 2.74 bits per heavy atom. The van der Waals surface area contributed by atoms with Gasteiger partial charge in [-0.05, 0) is 18.2 Å². The van der Waals surface area contributed by atoms with Gasteiger partial charge in [0.1, 0.15) is 12.0 Å². The molecule has 1 aliphatic rings. The number of benzene rings is 1. The van der Waals surface area contributed by atoms with E-state index in [0.29, 0.717) is 14.9 Å². The highest BCUT2D eigenvalue weighted by Crippen LogP contribution is 2.35. The van der Waals surface area contributed by atoms with Gasteiger partial charge in [-0.3, -0.25) is 9.69 Å². The van der Waals surface area contributed by atoms with Crippen LogP contribution in [0.4, 0.5) is 5.69 Å². The molecule has 0 unspecified atom stereocenters. The van der Waals surface area contributed by atoms with Gasteiger partial charge >= 0.3 is 0 Å². The van der Waals surface area contributed by atoms with Gasteiger partial charge in [-0.15, -0.1) is 0 Å². The van der Waals surface area contributed by atoms with Crippen LogP contribution >= 0.6 is 24.0 Å². The average molecular weight is 288 g/mol. The molecule has 1 aliphatic heterocycles. The number of hydrogen-bond acceptors (Lipinski definition) is 5. The SMILES string of the molecule is O=C1/C(=C/c2ccon2)SC(=S)N1c1ccccc1. The van der Waals surface area contributed by atoms with E-state index in [0.717, 1.165) is 5.69 Å². The fraction of sp³-hybridized carbons (Fsp3) is 0. The van der Waals surface area contributed by atoms with Gasteiger partial charge in [-0.2, -0.15) is 0 Å². The molecule has 1 aromatic heterocycles. The summed E-state index contributed by atoms with van der Waals surface area (Å²) in [4.78, 5) is 14.4. The minimum atomic E-state index is -0.135. The van der Waals surface area contributed by atoms with Crippen molar-refractivity contribution in [3.05, 3.63) is 53.3 Å². The zero-order valence-corrected chi connectivity index (χ0v) is 11.3. The quantitative estimate of drug-likeness (QED) is 0.628. The van der Waals surface area contributed by atoms with Gasteiger partial charge in [0.05, 0.1) is 10.6 Å². The molecule has 2 aromatic rings. The van der Waals surface area contributed by atoms with Crippen LogP contribution in [0.15, 0.2) is 52.1 Å². The van der Waals surface area contributed by atoms with Gasteiger partial charge in [-0.25, -0.2) is 0 Å². The lowest BCUT2D eigenvalue weighted by atomic mass is 10.3. The van der Waals surface area contributed by atoms with E-state index in [-0.39, 0.29) is 5.91 Å². The molecule has 6 heteroatoms. The molecule has 0 spiro atoms. The highest BCUT2D eigenvalue weighted by molar-refractivity contribution is 8.27. The van der Waals surface area contributed by atoms with Crippen LogP contribution in [0.2, 0.25) is 0 Å². The number of hydrogen-bond donors (Lipinski definition) is 0. The fourth-order valence-electron chi connectivity index (χ4n) is 1.70. The van der Waals surface area contributed by atoms with Crippen molar-refractivity contribution >= 4 is 46.0 Å². The minimum absolute atomic E-state index is 0.135. The summed E-state index contributed by atoms with van der Waals surface area (Å²) in [6.45, 7) is 0. The first-order valence-corrected chi connectivity index (χ1v) is 6.71. The van der Waals surface area contributed by atoms with Gasteiger partial charge in [0.25, 0.3) is 5.91 Å². The Labute approximate surface area is 119 Å². The van der Waals surface area contributed by atoms with Crippen LogP contribution in [0.1, 0.15) is 5.69 Å². The van der Waals surface area contributed by atoms with Crippen LogP contribution in [0.25, 0.3) is 6.08 Å². The van der Waals surface area contributed by atoms with Crippen molar-refractivity contribution < 1.29 is 9.32 Å². The second-order valence-corrected chi connectivity index (χ2v) is 5.45. The molecule has 0 radical (unpaired) electrons. The standard InChI is InChI=1S/C13H8N2O2S2/c16-12-11(8-9-6-7-17-14-9)19-13(18)15(12)10-4-2-1-3-5-10/h1-8H/b11-8-. The minimum Gasteiger partial charge on any atom is -0.364 e. The van der Waals surface area contributed by atoms with Gasteiger partial charge in [0, 0.05) is 6.07 Å². The lowest BCUT2D eigenvalue weighted by Crippen LogP contribution is -2.27. The summed E-state index contributed by atoms with van der Waals surface area (Å²) in [6, 6.07) is 11.0. The maximum absolute atomic E-state index is 12.3. The van der Waals surface area contributed by atoms with Crippen LogP contribution in [0.3, 0.4) is 0 Å². The number of amides is 1. The Morgan fingerprint density at radius 2 is 2.05 bits per heavy atom. The van der Waals surface area contributed by atoms with Crippen molar-refractivity contribution in [2.24, 2.45) is 0 Å². The molecule has 0 saturated carbocycles. The summed E-state index contributed by atoms with van der Waals surface area (Å²) in [5.74, 6) is -0.135. The summed E-state index contributed by atoms with van der Waals surface area (Å²) in [7, 11) is 0. The Hall–Kier alpha value is -1.92. The molecule has 2 heterocycles. The highest BCUT2D eigenvalue weighted by atomic mass is 32.2. The summed E-state index contributed by atoms with van der Waals surface area (Å²) >= 11 is 6.52. The van der Waals surface area contributed by atoms with Crippen molar-refractivity contribution in [1.82, 2.24) is 5.16 Å². The van der Waals surface area contributed by atoms with Crippen molar-refractivity contribution in [2.75, 3.05) is 4.90 Å². The molecule has 1 saturated heterocycles. The first-order chi connectivity index (χ1) is 9.25. The van der Waals surface area contributed by atoms with Gasteiger partial charge < -0.3 is 4.52 Å². The molecule has 94 valence electrons. The Bertz CT molecular complexity index is 651. The summed E-state index contributed by atoms with van der Waals surface area (Å²) in [5, 5.41) is 3.76. The van der Waals surface area contributed by atoms with E-state index in [1.54, 1.807) is 12.1 Å². The third kappa shape index (κ3) is 2.32. The molecule has 4 nitrogen and oxygen atoms in total. The molecular weight excluding hydrogens is 280 g/mol. The van der Waals surface area contributed by atoms with Crippen molar-refractivity contribution in [2.45, 2.75) is 0 Å². The third-order valence-corrected chi connectivity index (χ3v) is 3.85. The number of carbonyl (C=O) groups excluding carboxylic acids is 1. The maximum atomic E-state index is 12.3. The van der Waals surface area contributed by atoms with Gasteiger partial charge in [0.2, 0.25) is 0 Å². The van der Waals surface area contributed by atoms with E-state index < -0.39 is 0 Å². The Balaban J connectivity index is 1.94. The topological polar surface area (TPSA) is 46.3 Å². The average Bonchev–Trinajstić information content (AvgIpc) is 3.01. The third-order valence-electron chi connectivity index (χ3n) is 2.54.